The van der Waals surface area contributed by atoms with Crippen molar-refractivity contribution in [3.8, 4) is 0 Å². The molecule has 0 radical (unpaired) electrons. The molecule has 9 heteroatoms. The molecule has 1 unspecified atom stereocenters. The predicted molar refractivity (Wildman–Crippen MR) is 109 cm³/mol. The van der Waals surface area contributed by atoms with Gasteiger partial charge in [-0.25, -0.2) is 0 Å². The van der Waals surface area contributed by atoms with E-state index in [1.54, 1.807) is 0 Å². The van der Waals surface area contributed by atoms with Crippen LogP contribution in [0.4, 0.5) is 5.69 Å². The highest BCUT2D eigenvalue weighted by molar-refractivity contribution is 5.90. The zero-order valence-electron chi connectivity index (χ0n) is 16.4. The van der Waals surface area contributed by atoms with Gasteiger partial charge in [-0.05, 0) is 31.0 Å². The van der Waals surface area contributed by atoms with E-state index in [1.165, 1.54) is 25.3 Å². The van der Waals surface area contributed by atoms with E-state index in [0.29, 0.717) is 12.7 Å². The number of anilines is 1. The van der Waals surface area contributed by atoms with E-state index in [2.05, 4.69) is 10.6 Å². The fourth-order valence-electron chi connectivity index (χ4n) is 2.78. The fraction of sp³-hybridized carbons (Fsp3) is 0.286. The van der Waals surface area contributed by atoms with Gasteiger partial charge >= 0.3 is 5.97 Å². The summed E-state index contributed by atoms with van der Waals surface area (Å²) >= 11 is 0. The third kappa shape index (κ3) is 6.40. The molecule has 0 saturated carbocycles. The number of aliphatic carboxylic acids is 1. The second-order valence-electron chi connectivity index (χ2n) is 6.69. The van der Waals surface area contributed by atoms with Crippen LogP contribution in [0.5, 0.6) is 0 Å². The van der Waals surface area contributed by atoms with Crippen LogP contribution < -0.4 is 16.2 Å². The Morgan fingerprint density at radius 1 is 1.13 bits per heavy atom. The van der Waals surface area contributed by atoms with Crippen LogP contribution in [-0.2, 0) is 25.6 Å². The number of rotatable bonds is 10. The van der Waals surface area contributed by atoms with E-state index in [1.807, 2.05) is 30.3 Å². The molecular weight excluding hydrogens is 390 g/mol. The lowest BCUT2D eigenvalue weighted by molar-refractivity contribution is -0.139. The van der Waals surface area contributed by atoms with E-state index < -0.39 is 35.9 Å². The number of nitrogens with zero attached hydrogens (tertiary/aromatic N) is 1. The van der Waals surface area contributed by atoms with Gasteiger partial charge in [-0.2, -0.15) is 0 Å². The monoisotopic (exact) mass is 413 g/mol. The van der Waals surface area contributed by atoms with Crippen molar-refractivity contribution >= 4 is 29.8 Å². The van der Waals surface area contributed by atoms with E-state index in [9.17, 15) is 24.0 Å². The molecule has 0 aliphatic heterocycles. The highest BCUT2D eigenvalue weighted by Crippen LogP contribution is 2.08. The van der Waals surface area contributed by atoms with Crippen LogP contribution >= 0.6 is 0 Å². The largest absolute Gasteiger partial charge is 0.481 e. The number of hydrogen-bond acceptors (Lipinski definition) is 5. The molecular formula is C21H23N3O6. The summed E-state index contributed by atoms with van der Waals surface area (Å²) in [5, 5.41) is 13.6. The molecule has 1 aromatic heterocycles. The Hall–Kier alpha value is -3.75. The average molecular weight is 413 g/mol. The van der Waals surface area contributed by atoms with Gasteiger partial charge in [0.05, 0.1) is 12.5 Å². The number of hydrogen-bond donors (Lipinski definition) is 3. The molecule has 0 fully saturated rings. The van der Waals surface area contributed by atoms with Gasteiger partial charge in [-0.3, -0.25) is 19.2 Å². The third-order valence-electron chi connectivity index (χ3n) is 4.42. The Kier molecular flexibility index (Phi) is 8.04. The minimum Gasteiger partial charge on any atom is -0.481 e. The molecule has 9 nitrogen and oxygen atoms in total. The smallest absolute Gasteiger partial charge is 0.305 e. The number of carbonyl (C=O) groups excluding carboxylic acids is 3. The summed E-state index contributed by atoms with van der Waals surface area (Å²) < 4.78 is 1.10. The molecule has 158 valence electrons. The lowest BCUT2D eigenvalue weighted by atomic mass is 10.1. The molecule has 0 bridgehead atoms. The number of aromatic nitrogens is 1. The van der Waals surface area contributed by atoms with Crippen LogP contribution in [0, 0.1) is 0 Å². The third-order valence-corrected chi connectivity index (χ3v) is 4.42. The van der Waals surface area contributed by atoms with Crippen LogP contribution in [0.25, 0.3) is 0 Å². The van der Waals surface area contributed by atoms with Crippen molar-refractivity contribution in [2.24, 2.45) is 0 Å². The topological polar surface area (TPSA) is 135 Å². The summed E-state index contributed by atoms with van der Waals surface area (Å²) in [4.78, 5) is 58.9. The first-order valence-corrected chi connectivity index (χ1v) is 9.34. The number of carboxylic acid groups (broad SMARTS) is 1. The van der Waals surface area contributed by atoms with Crippen molar-refractivity contribution in [1.29, 1.82) is 0 Å². The summed E-state index contributed by atoms with van der Waals surface area (Å²) in [6.45, 7) is 1.43. The summed E-state index contributed by atoms with van der Waals surface area (Å²) in [6, 6.07) is 10.2. The van der Waals surface area contributed by atoms with Gasteiger partial charge in [-0.1, -0.05) is 30.3 Å². The zero-order valence-corrected chi connectivity index (χ0v) is 16.4. The number of carbonyl (C=O) groups is 4. The van der Waals surface area contributed by atoms with Crippen LogP contribution in [0.3, 0.4) is 0 Å². The molecule has 1 aromatic carbocycles. The quantitative estimate of drug-likeness (QED) is 0.500. The Balaban J connectivity index is 2.05. The highest BCUT2D eigenvalue weighted by atomic mass is 16.4. The van der Waals surface area contributed by atoms with Gasteiger partial charge in [0, 0.05) is 12.6 Å². The molecule has 2 amide bonds. The van der Waals surface area contributed by atoms with Gasteiger partial charge < -0.3 is 25.1 Å². The van der Waals surface area contributed by atoms with Gasteiger partial charge in [0.2, 0.25) is 11.8 Å². The van der Waals surface area contributed by atoms with Crippen molar-refractivity contribution in [3.05, 3.63) is 64.6 Å². The first-order chi connectivity index (χ1) is 14.3. The van der Waals surface area contributed by atoms with Gasteiger partial charge in [0.25, 0.3) is 5.56 Å². The van der Waals surface area contributed by atoms with E-state index in [-0.39, 0.29) is 18.0 Å². The second kappa shape index (κ2) is 10.7. The summed E-state index contributed by atoms with van der Waals surface area (Å²) in [7, 11) is 0. The molecule has 2 aromatic rings. The number of benzene rings is 1. The molecule has 0 aliphatic rings. The molecule has 2 atom stereocenters. The average Bonchev–Trinajstić information content (AvgIpc) is 2.73. The van der Waals surface area contributed by atoms with Crippen LogP contribution in [0.2, 0.25) is 0 Å². The summed E-state index contributed by atoms with van der Waals surface area (Å²) in [5.41, 5.74) is 0.427. The Bertz CT molecular complexity index is 970. The standard InChI is InChI=1S/C21H23N3O6/c1-14(20(29)22-16(13-25)12-19(27)28)24-11-5-8-17(21(24)30)23-18(26)10-9-15-6-3-2-4-7-15/h2-8,11,13-14,16H,9-10,12H2,1H3,(H,22,29)(H,23,26)(H,27,28)/t14?,16-/m0/s1. The van der Waals surface area contributed by atoms with Crippen LogP contribution in [0.15, 0.2) is 53.5 Å². The minimum atomic E-state index is -1.24. The number of amides is 2. The van der Waals surface area contributed by atoms with Crippen molar-refractivity contribution in [1.82, 2.24) is 9.88 Å². The number of carboxylic acids is 1. The number of aldehydes is 1. The lowest BCUT2D eigenvalue weighted by Gasteiger charge is -2.18. The maximum Gasteiger partial charge on any atom is 0.305 e. The van der Waals surface area contributed by atoms with Crippen molar-refractivity contribution in [2.45, 2.75) is 38.3 Å². The Morgan fingerprint density at radius 3 is 2.47 bits per heavy atom. The molecule has 0 saturated heterocycles. The maximum absolute atomic E-state index is 12.7. The first-order valence-electron chi connectivity index (χ1n) is 9.34. The summed E-state index contributed by atoms with van der Waals surface area (Å²) in [6.07, 6.45) is 1.84. The Labute approximate surface area is 172 Å². The molecule has 0 spiro atoms. The highest BCUT2D eigenvalue weighted by Gasteiger charge is 2.22. The van der Waals surface area contributed by atoms with E-state index in [4.69, 9.17) is 5.11 Å². The van der Waals surface area contributed by atoms with Gasteiger partial charge in [-0.15, -0.1) is 0 Å². The van der Waals surface area contributed by atoms with Crippen molar-refractivity contribution in [2.75, 3.05) is 5.32 Å². The maximum atomic E-state index is 12.7. The van der Waals surface area contributed by atoms with E-state index in [0.717, 1.165) is 10.1 Å². The normalized spacial score (nSPS) is 12.4. The molecule has 2 rings (SSSR count). The molecule has 30 heavy (non-hydrogen) atoms. The SMILES string of the molecule is CC(C(=O)N[C@H](C=O)CC(=O)O)n1cccc(NC(=O)CCc2ccccc2)c1=O. The number of aryl methyl sites for hydroxylation is 1. The number of pyridine rings is 1. The van der Waals surface area contributed by atoms with Crippen LogP contribution in [-0.4, -0.2) is 39.8 Å². The number of nitrogens with one attached hydrogen (secondary N) is 2. The predicted octanol–water partition coefficient (Wildman–Crippen LogP) is 1.14. The Morgan fingerprint density at radius 2 is 1.83 bits per heavy atom. The molecule has 0 aliphatic carbocycles. The van der Waals surface area contributed by atoms with Crippen molar-refractivity contribution in [3.63, 3.8) is 0 Å². The van der Waals surface area contributed by atoms with Crippen LogP contribution in [0.1, 0.15) is 31.4 Å². The first kappa shape index (κ1) is 22.5. The van der Waals surface area contributed by atoms with Gasteiger partial charge in [0.1, 0.15) is 18.0 Å². The van der Waals surface area contributed by atoms with E-state index >= 15 is 0 Å². The lowest BCUT2D eigenvalue weighted by Crippen LogP contribution is -2.43. The van der Waals surface area contributed by atoms with Crippen molar-refractivity contribution < 1.29 is 24.3 Å². The van der Waals surface area contributed by atoms with Gasteiger partial charge in [0.15, 0.2) is 0 Å². The fourth-order valence-corrected chi connectivity index (χ4v) is 2.78. The zero-order chi connectivity index (χ0) is 22.1. The second-order valence-corrected chi connectivity index (χ2v) is 6.69. The molecule has 3 N–H and O–H groups in total. The summed E-state index contributed by atoms with van der Waals surface area (Å²) in [5.74, 6) is -2.27. The molecule has 1 heterocycles. The minimum absolute atomic E-state index is 0.0210.